The van der Waals surface area contributed by atoms with Crippen molar-refractivity contribution in [3.63, 3.8) is 0 Å². The van der Waals surface area contributed by atoms with E-state index in [0.717, 1.165) is 5.56 Å². The highest BCUT2D eigenvalue weighted by Crippen LogP contribution is 2.35. The molecule has 92 valence electrons. The fourth-order valence-corrected chi connectivity index (χ4v) is 2.77. The molecular formula is C11H12F2N2OS. The van der Waals surface area contributed by atoms with E-state index in [1.54, 1.807) is 10.6 Å². The van der Waals surface area contributed by atoms with Gasteiger partial charge in [0, 0.05) is 18.7 Å². The summed E-state index contributed by atoms with van der Waals surface area (Å²) in [5.41, 5.74) is 2.02. The number of hydrogen-bond donors (Lipinski definition) is 1. The third-order valence-corrected chi connectivity index (χ3v) is 3.86. The van der Waals surface area contributed by atoms with E-state index in [4.69, 9.17) is 0 Å². The number of fused-ring (bicyclic) bond motifs is 3. The van der Waals surface area contributed by atoms with Crippen molar-refractivity contribution in [1.29, 1.82) is 0 Å². The molecule has 3 nitrogen and oxygen atoms in total. The summed E-state index contributed by atoms with van der Waals surface area (Å²) in [4.78, 5) is 11.8. The van der Waals surface area contributed by atoms with E-state index < -0.39 is 5.92 Å². The number of rotatable bonds is 0. The molecule has 17 heavy (non-hydrogen) atoms. The van der Waals surface area contributed by atoms with E-state index in [9.17, 15) is 13.6 Å². The Labute approximate surface area is 103 Å². The molecule has 0 bridgehead atoms. The third-order valence-electron chi connectivity index (χ3n) is 3.47. The predicted molar refractivity (Wildman–Crippen MR) is 61.4 cm³/mol. The molecule has 1 aliphatic heterocycles. The van der Waals surface area contributed by atoms with Crippen LogP contribution in [-0.2, 0) is 19.4 Å². The molecule has 1 amide bonds. The Morgan fingerprint density at radius 3 is 2.88 bits per heavy atom. The Morgan fingerprint density at radius 1 is 1.35 bits per heavy atom. The number of thiol groups is 1. The normalized spacial score (nSPS) is 22.3. The minimum atomic E-state index is -2.64. The van der Waals surface area contributed by atoms with Crippen molar-refractivity contribution >= 4 is 18.7 Å². The maximum Gasteiger partial charge on any atom is 0.280 e. The lowest BCUT2D eigenvalue weighted by Crippen LogP contribution is -2.35. The molecule has 3 rings (SSSR count). The molecule has 0 saturated carbocycles. The number of carbonyl (C=O) groups excluding carboxylic acids is 1. The smallest absolute Gasteiger partial charge is 0.280 e. The number of aromatic nitrogens is 1. The SMILES string of the molecule is O=C1c2cc3c(n2CCN1S)CC(F)(F)CC3. The first-order valence-electron chi connectivity index (χ1n) is 5.58. The average Bonchev–Trinajstić information content (AvgIpc) is 2.61. The van der Waals surface area contributed by atoms with E-state index in [2.05, 4.69) is 12.8 Å². The zero-order valence-electron chi connectivity index (χ0n) is 9.12. The summed E-state index contributed by atoms with van der Waals surface area (Å²) in [7, 11) is 0. The molecule has 1 aromatic heterocycles. The molecule has 0 spiro atoms. The summed E-state index contributed by atoms with van der Waals surface area (Å²) in [5, 5.41) is 0. The number of hydrogen-bond acceptors (Lipinski definition) is 2. The molecule has 0 N–H and O–H groups in total. The van der Waals surface area contributed by atoms with E-state index in [1.807, 2.05) is 0 Å². The van der Waals surface area contributed by atoms with Crippen LogP contribution in [0, 0.1) is 0 Å². The summed E-state index contributed by atoms with van der Waals surface area (Å²) in [5.74, 6) is -2.83. The summed E-state index contributed by atoms with van der Waals surface area (Å²) >= 11 is 4.05. The van der Waals surface area contributed by atoms with Crippen LogP contribution in [0.2, 0.25) is 0 Å². The lowest BCUT2D eigenvalue weighted by molar-refractivity contribution is -0.0142. The zero-order valence-corrected chi connectivity index (χ0v) is 10.0. The van der Waals surface area contributed by atoms with E-state index >= 15 is 0 Å². The fraction of sp³-hybridized carbons (Fsp3) is 0.545. The molecule has 0 radical (unpaired) electrons. The highest BCUT2D eigenvalue weighted by molar-refractivity contribution is 7.78. The molecule has 1 aliphatic carbocycles. The highest BCUT2D eigenvalue weighted by atomic mass is 32.1. The second-order valence-electron chi connectivity index (χ2n) is 4.61. The molecule has 2 heterocycles. The van der Waals surface area contributed by atoms with Crippen molar-refractivity contribution < 1.29 is 13.6 Å². The first-order valence-corrected chi connectivity index (χ1v) is 5.98. The highest BCUT2D eigenvalue weighted by Gasteiger charge is 2.38. The zero-order chi connectivity index (χ0) is 12.2. The Morgan fingerprint density at radius 2 is 2.12 bits per heavy atom. The van der Waals surface area contributed by atoms with Crippen molar-refractivity contribution in [1.82, 2.24) is 8.87 Å². The van der Waals surface area contributed by atoms with Crippen LogP contribution in [0.1, 0.15) is 28.2 Å². The van der Waals surface area contributed by atoms with Gasteiger partial charge in [0.1, 0.15) is 5.69 Å². The molecule has 0 saturated heterocycles. The van der Waals surface area contributed by atoms with E-state index in [-0.39, 0.29) is 18.7 Å². The summed E-state index contributed by atoms with van der Waals surface area (Å²) in [6, 6.07) is 1.75. The number of carbonyl (C=O) groups is 1. The van der Waals surface area contributed by atoms with Gasteiger partial charge in [-0.2, -0.15) is 0 Å². The molecule has 0 fully saturated rings. The maximum atomic E-state index is 13.4. The molecule has 0 aromatic carbocycles. The lowest BCUT2D eigenvalue weighted by Gasteiger charge is -2.27. The van der Waals surface area contributed by atoms with Gasteiger partial charge in [-0.25, -0.2) is 8.78 Å². The van der Waals surface area contributed by atoms with Gasteiger partial charge < -0.3 is 4.57 Å². The Bertz CT molecular complexity index is 498. The van der Waals surface area contributed by atoms with Gasteiger partial charge in [0.15, 0.2) is 0 Å². The van der Waals surface area contributed by atoms with Crippen molar-refractivity contribution in [3.05, 3.63) is 23.0 Å². The van der Waals surface area contributed by atoms with Crippen LogP contribution >= 0.6 is 12.8 Å². The minimum absolute atomic E-state index is 0.123. The van der Waals surface area contributed by atoms with Crippen LogP contribution < -0.4 is 0 Å². The topological polar surface area (TPSA) is 25.2 Å². The van der Waals surface area contributed by atoms with Crippen molar-refractivity contribution in [3.8, 4) is 0 Å². The standard InChI is InChI=1S/C11H12F2N2OS/c12-11(13)2-1-7-5-8-10(16)15(17)4-3-14(8)9(7)6-11/h5,17H,1-4,6H2. The molecule has 2 aliphatic rings. The predicted octanol–water partition coefficient (Wildman–Crippen LogP) is 1.91. The lowest BCUT2D eigenvalue weighted by atomic mass is 9.94. The minimum Gasteiger partial charge on any atom is -0.338 e. The van der Waals surface area contributed by atoms with Crippen molar-refractivity contribution in [2.75, 3.05) is 6.54 Å². The molecule has 1 aromatic rings. The van der Waals surface area contributed by atoms with Gasteiger partial charge in [-0.3, -0.25) is 9.10 Å². The number of alkyl halides is 2. The quantitative estimate of drug-likeness (QED) is 0.707. The number of aryl methyl sites for hydroxylation is 1. The van der Waals surface area contributed by atoms with Crippen LogP contribution in [-0.4, -0.2) is 27.2 Å². The van der Waals surface area contributed by atoms with E-state index in [1.165, 1.54) is 4.31 Å². The van der Waals surface area contributed by atoms with E-state index in [0.29, 0.717) is 30.9 Å². The largest absolute Gasteiger partial charge is 0.338 e. The van der Waals surface area contributed by atoms with Gasteiger partial charge in [-0.05, 0) is 18.1 Å². The third kappa shape index (κ3) is 1.66. The van der Waals surface area contributed by atoms with Crippen LogP contribution in [0.5, 0.6) is 0 Å². The summed E-state index contributed by atoms with van der Waals surface area (Å²) in [6.45, 7) is 1.01. The van der Waals surface area contributed by atoms with Crippen molar-refractivity contribution in [2.24, 2.45) is 0 Å². The Kier molecular flexibility index (Phi) is 2.26. The van der Waals surface area contributed by atoms with Gasteiger partial charge in [-0.15, -0.1) is 0 Å². The van der Waals surface area contributed by atoms with Gasteiger partial charge in [-0.1, -0.05) is 12.8 Å². The van der Waals surface area contributed by atoms with Gasteiger partial charge in [0.05, 0.1) is 13.0 Å². The molecule has 0 unspecified atom stereocenters. The number of halogens is 2. The molecular weight excluding hydrogens is 246 g/mol. The second kappa shape index (κ2) is 3.48. The van der Waals surface area contributed by atoms with Crippen LogP contribution in [0.25, 0.3) is 0 Å². The monoisotopic (exact) mass is 258 g/mol. The Hall–Kier alpha value is -1.04. The fourth-order valence-electron chi connectivity index (χ4n) is 2.58. The first-order chi connectivity index (χ1) is 7.98. The Balaban J connectivity index is 2.08. The van der Waals surface area contributed by atoms with Crippen LogP contribution in [0.3, 0.4) is 0 Å². The van der Waals surface area contributed by atoms with Gasteiger partial charge in [0.2, 0.25) is 0 Å². The number of amides is 1. The van der Waals surface area contributed by atoms with Crippen LogP contribution in [0.15, 0.2) is 6.07 Å². The summed E-state index contributed by atoms with van der Waals surface area (Å²) < 4.78 is 29.8. The molecule has 0 atom stereocenters. The average molecular weight is 258 g/mol. The van der Waals surface area contributed by atoms with Gasteiger partial charge in [0.25, 0.3) is 11.8 Å². The first kappa shape index (κ1) is 11.1. The maximum absolute atomic E-state index is 13.4. The van der Waals surface area contributed by atoms with Crippen molar-refractivity contribution in [2.45, 2.75) is 31.7 Å². The van der Waals surface area contributed by atoms with Gasteiger partial charge >= 0.3 is 0 Å². The summed E-state index contributed by atoms with van der Waals surface area (Å²) in [6.07, 6.45) is -0.0212. The molecule has 6 heteroatoms. The second-order valence-corrected chi connectivity index (χ2v) is 5.10. The number of nitrogens with zero attached hydrogens (tertiary/aromatic N) is 2. The van der Waals surface area contributed by atoms with Crippen LogP contribution in [0.4, 0.5) is 8.78 Å².